The Labute approximate surface area is 156 Å². The molecule has 146 valence electrons. The Morgan fingerprint density at radius 2 is 1.89 bits per heavy atom. The molecule has 0 radical (unpaired) electrons. The summed E-state index contributed by atoms with van der Waals surface area (Å²) in [5, 5.41) is 17.1. The van der Waals surface area contributed by atoms with Crippen molar-refractivity contribution in [2.75, 3.05) is 6.61 Å². The molecule has 0 saturated heterocycles. The largest absolute Gasteiger partial charge is 0.483 e. The number of aromatic nitrogens is 2. The Balaban J connectivity index is 1.79. The Hall–Kier alpha value is -3.10. The van der Waals surface area contributed by atoms with E-state index in [0.29, 0.717) is 40.6 Å². The van der Waals surface area contributed by atoms with Gasteiger partial charge in [0, 0.05) is 5.56 Å². The normalized spacial score (nSPS) is 16.0. The van der Waals surface area contributed by atoms with E-state index in [0.717, 1.165) is 6.42 Å². The van der Waals surface area contributed by atoms with Gasteiger partial charge in [0.15, 0.2) is 6.61 Å². The lowest BCUT2D eigenvalue weighted by atomic mass is 9.64. The van der Waals surface area contributed by atoms with Crippen LogP contribution in [0.25, 0.3) is 22.2 Å². The minimum atomic E-state index is -4.52. The number of rotatable bonds is 5. The highest BCUT2D eigenvalue weighted by Gasteiger charge is 2.46. The number of halogens is 3. The second-order valence-corrected chi connectivity index (χ2v) is 6.82. The van der Waals surface area contributed by atoms with Crippen molar-refractivity contribution >= 4 is 17.0 Å². The molecule has 1 saturated carbocycles. The van der Waals surface area contributed by atoms with Gasteiger partial charge >= 0.3 is 12.1 Å². The zero-order valence-electron chi connectivity index (χ0n) is 14.5. The van der Waals surface area contributed by atoms with Crippen molar-refractivity contribution in [1.82, 2.24) is 10.3 Å². The van der Waals surface area contributed by atoms with Crippen LogP contribution in [-0.2, 0) is 10.2 Å². The number of hydrogen-bond acceptors (Lipinski definition) is 5. The van der Waals surface area contributed by atoms with Crippen LogP contribution >= 0.6 is 0 Å². The second kappa shape index (κ2) is 6.50. The summed E-state index contributed by atoms with van der Waals surface area (Å²) in [5.41, 5.74) is 1.29. The van der Waals surface area contributed by atoms with Crippen LogP contribution in [0.15, 0.2) is 41.0 Å². The third-order valence-corrected chi connectivity index (χ3v) is 5.11. The number of carboxylic acid groups (broad SMARTS) is 1. The van der Waals surface area contributed by atoms with Crippen LogP contribution in [0.3, 0.4) is 0 Å². The molecule has 9 heteroatoms. The number of fused-ring (bicyclic) bond motifs is 1. The molecule has 0 atom stereocenters. The van der Waals surface area contributed by atoms with Crippen LogP contribution in [-0.4, -0.2) is 34.2 Å². The van der Waals surface area contributed by atoms with Crippen molar-refractivity contribution in [1.29, 1.82) is 0 Å². The maximum absolute atomic E-state index is 12.7. The molecule has 1 heterocycles. The van der Waals surface area contributed by atoms with Gasteiger partial charge in [0.2, 0.25) is 0 Å². The number of ether oxygens (including phenoxy) is 1. The molecule has 4 rings (SSSR count). The molecular weight excluding hydrogens is 377 g/mol. The molecule has 3 aromatic rings. The van der Waals surface area contributed by atoms with Crippen LogP contribution in [0, 0.1) is 0 Å². The van der Waals surface area contributed by atoms with Crippen LogP contribution in [0.2, 0.25) is 0 Å². The maximum Gasteiger partial charge on any atom is 0.422 e. The number of carbonyl (C=O) groups is 1. The fraction of sp³-hybridized carbons (Fsp3) is 0.316. The quantitative estimate of drug-likeness (QED) is 0.695. The lowest BCUT2D eigenvalue weighted by molar-refractivity contribution is -0.153. The van der Waals surface area contributed by atoms with Gasteiger partial charge < -0.3 is 9.84 Å². The van der Waals surface area contributed by atoms with E-state index in [9.17, 15) is 23.1 Å². The van der Waals surface area contributed by atoms with E-state index < -0.39 is 24.2 Å². The van der Waals surface area contributed by atoms with E-state index in [4.69, 9.17) is 4.74 Å². The van der Waals surface area contributed by atoms with Crippen LogP contribution in [0.4, 0.5) is 13.2 Å². The first-order valence-corrected chi connectivity index (χ1v) is 8.59. The van der Waals surface area contributed by atoms with Crippen molar-refractivity contribution in [3.05, 3.63) is 42.0 Å². The summed E-state index contributed by atoms with van der Waals surface area (Å²) in [5.74, 6) is -1.01. The van der Waals surface area contributed by atoms with Crippen molar-refractivity contribution < 1.29 is 32.4 Å². The number of aliphatic carboxylic acids is 1. The van der Waals surface area contributed by atoms with Gasteiger partial charge in [0.1, 0.15) is 16.8 Å². The molecule has 0 unspecified atom stereocenters. The van der Waals surface area contributed by atoms with E-state index in [-0.39, 0.29) is 5.75 Å². The molecule has 0 bridgehead atoms. The van der Waals surface area contributed by atoms with Gasteiger partial charge in [-0.05, 0) is 52.5 Å². The van der Waals surface area contributed by atoms with E-state index in [1.807, 2.05) is 0 Å². The first-order valence-electron chi connectivity index (χ1n) is 8.59. The van der Waals surface area contributed by atoms with Crippen molar-refractivity contribution in [2.45, 2.75) is 30.9 Å². The Kier molecular flexibility index (Phi) is 4.24. The molecule has 2 aromatic carbocycles. The SMILES string of the molecule is O=C(O)C1(c2ccc(-c3ccc4nonc4c3)c(OCC(F)(F)F)c2)CCC1. The summed E-state index contributed by atoms with van der Waals surface area (Å²) in [7, 11) is 0. The number of hydrogen-bond donors (Lipinski definition) is 1. The van der Waals surface area contributed by atoms with Crippen LogP contribution in [0.5, 0.6) is 5.75 Å². The highest BCUT2D eigenvalue weighted by Crippen LogP contribution is 2.46. The fourth-order valence-corrected chi connectivity index (χ4v) is 3.44. The number of nitrogens with zero attached hydrogens (tertiary/aromatic N) is 2. The molecule has 1 aliphatic carbocycles. The standard InChI is InChI=1S/C19H15F3N2O4/c20-19(21,22)10-27-16-9-12(18(17(25)26)6-1-7-18)3-4-13(16)11-2-5-14-15(8-11)24-28-23-14/h2-5,8-9H,1,6-7,10H2,(H,25,26). The van der Waals surface area contributed by atoms with Gasteiger partial charge in [0.25, 0.3) is 0 Å². The minimum Gasteiger partial charge on any atom is -0.483 e. The summed E-state index contributed by atoms with van der Waals surface area (Å²) in [6, 6.07) is 9.54. The first kappa shape index (κ1) is 18.3. The van der Waals surface area contributed by atoms with Crippen LogP contribution < -0.4 is 4.74 Å². The molecule has 1 N–H and O–H groups in total. The summed E-state index contributed by atoms with van der Waals surface area (Å²) < 4.78 is 47.9. The predicted molar refractivity (Wildman–Crippen MR) is 92.0 cm³/mol. The van der Waals surface area contributed by atoms with Gasteiger partial charge in [-0.1, -0.05) is 24.6 Å². The van der Waals surface area contributed by atoms with Gasteiger partial charge in [0.05, 0.1) is 5.41 Å². The lowest BCUT2D eigenvalue weighted by Crippen LogP contribution is -2.42. The van der Waals surface area contributed by atoms with Crippen molar-refractivity contribution in [2.24, 2.45) is 0 Å². The number of carboxylic acids is 1. The molecule has 0 aliphatic heterocycles. The Morgan fingerprint density at radius 3 is 2.54 bits per heavy atom. The zero-order valence-corrected chi connectivity index (χ0v) is 14.5. The number of alkyl halides is 3. The monoisotopic (exact) mass is 392 g/mol. The first-order chi connectivity index (χ1) is 13.3. The van der Waals surface area contributed by atoms with Gasteiger partial charge in [-0.3, -0.25) is 4.79 Å². The molecule has 6 nitrogen and oxygen atoms in total. The van der Waals surface area contributed by atoms with E-state index in [2.05, 4.69) is 14.9 Å². The van der Waals surface area contributed by atoms with E-state index >= 15 is 0 Å². The summed E-state index contributed by atoms with van der Waals surface area (Å²) in [6.45, 7) is -1.47. The van der Waals surface area contributed by atoms with Crippen molar-refractivity contribution in [3.63, 3.8) is 0 Å². The van der Waals surface area contributed by atoms with Gasteiger partial charge in [-0.15, -0.1) is 0 Å². The molecule has 0 spiro atoms. The van der Waals surface area contributed by atoms with Crippen LogP contribution in [0.1, 0.15) is 24.8 Å². The minimum absolute atomic E-state index is 0.0295. The zero-order chi connectivity index (χ0) is 19.9. The van der Waals surface area contributed by atoms with E-state index in [1.54, 1.807) is 30.3 Å². The highest BCUT2D eigenvalue weighted by molar-refractivity contribution is 5.85. The van der Waals surface area contributed by atoms with E-state index in [1.165, 1.54) is 6.07 Å². The molecule has 28 heavy (non-hydrogen) atoms. The topological polar surface area (TPSA) is 85.5 Å². The Morgan fingerprint density at radius 1 is 1.14 bits per heavy atom. The smallest absolute Gasteiger partial charge is 0.422 e. The summed E-state index contributed by atoms with van der Waals surface area (Å²) in [6.07, 6.45) is -2.88. The highest BCUT2D eigenvalue weighted by atomic mass is 19.4. The number of benzene rings is 2. The average Bonchev–Trinajstić information content (AvgIpc) is 3.06. The van der Waals surface area contributed by atoms with Gasteiger partial charge in [-0.2, -0.15) is 13.2 Å². The average molecular weight is 392 g/mol. The molecule has 1 aromatic heterocycles. The third kappa shape index (κ3) is 3.17. The predicted octanol–water partition coefficient (Wildman–Crippen LogP) is 4.34. The third-order valence-electron chi connectivity index (χ3n) is 5.11. The molecule has 1 aliphatic rings. The molecular formula is C19H15F3N2O4. The molecule has 1 fully saturated rings. The summed E-state index contributed by atoms with van der Waals surface area (Å²) in [4.78, 5) is 11.8. The van der Waals surface area contributed by atoms with Crippen molar-refractivity contribution in [3.8, 4) is 16.9 Å². The maximum atomic E-state index is 12.7. The Bertz CT molecular complexity index is 1040. The fourth-order valence-electron chi connectivity index (χ4n) is 3.44. The second-order valence-electron chi connectivity index (χ2n) is 6.82. The molecule has 0 amide bonds. The lowest BCUT2D eigenvalue weighted by Gasteiger charge is -2.38. The van der Waals surface area contributed by atoms with Gasteiger partial charge in [-0.25, -0.2) is 4.63 Å². The summed E-state index contributed by atoms with van der Waals surface area (Å²) >= 11 is 0.